The summed E-state index contributed by atoms with van der Waals surface area (Å²) in [6, 6.07) is 7.61. The Balaban J connectivity index is 1.95. The minimum atomic E-state index is -1.34. The van der Waals surface area contributed by atoms with E-state index in [1.807, 2.05) is 24.3 Å². The summed E-state index contributed by atoms with van der Waals surface area (Å²) in [5, 5.41) is 29.9. The molecule has 3 unspecified atom stereocenters. The number of aliphatic hydroxyl groups excluding tert-OH is 2. The molecule has 0 amide bonds. The zero-order valence-corrected chi connectivity index (χ0v) is 13.7. The maximum absolute atomic E-state index is 10.3. The number of ether oxygens (including phenoxy) is 2. The molecule has 2 rings (SSSR count). The lowest BCUT2D eigenvalue weighted by Crippen LogP contribution is -2.36. The fourth-order valence-corrected chi connectivity index (χ4v) is 2.87. The van der Waals surface area contributed by atoms with Crippen LogP contribution >= 0.6 is 15.9 Å². The van der Waals surface area contributed by atoms with Crippen LogP contribution in [0.25, 0.3) is 0 Å². The van der Waals surface area contributed by atoms with Crippen molar-refractivity contribution in [1.29, 1.82) is 0 Å². The second-order valence-corrected chi connectivity index (χ2v) is 6.71. The van der Waals surface area contributed by atoms with Gasteiger partial charge in [-0.3, -0.25) is 0 Å². The van der Waals surface area contributed by atoms with Crippen molar-refractivity contribution in [1.82, 2.24) is 0 Å². The Kier molecular flexibility index (Phi) is 5.40. The average molecular weight is 361 g/mol. The lowest BCUT2D eigenvalue weighted by molar-refractivity contribution is -0.273. The maximum atomic E-state index is 10.3. The lowest BCUT2D eigenvalue weighted by Gasteiger charge is -2.24. The minimum Gasteiger partial charge on any atom is -0.390 e. The quantitative estimate of drug-likeness (QED) is 0.694. The van der Waals surface area contributed by atoms with E-state index in [1.54, 1.807) is 0 Å². The molecule has 1 aliphatic heterocycles. The summed E-state index contributed by atoms with van der Waals surface area (Å²) < 4.78 is 11.7. The molecule has 4 atom stereocenters. The molecule has 0 aromatic heterocycles. The monoisotopic (exact) mass is 360 g/mol. The van der Waals surface area contributed by atoms with Crippen molar-refractivity contribution in [2.24, 2.45) is 0 Å². The number of aliphatic hydroxyl groups is 3. The highest BCUT2D eigenvalue weighted by atomic mass is 79.9. The fraction of sp³-hybridized carbons (Fsp3) is 0.600. The highest BCUT2D eigenvalue weighted by Crippen LogP contribution is 2.28. The summed E-state index contributed by atoms with van der Waals surface area (Å²) in [5.41, 5.74) is 0.944. The van der Waals surface area contributed by atoms with E-state index >= 15 is 0 Å². The summed E-state index contributed by atoms with van der Waals surface area (Å²) in [7, 11) is 0. The second-order valence-electron chi connectivity index (χ2n) is 5.80. The molecule has 1 aliphatic rings. The van der Waals surface area contributed by atoms with Crippen LogP contribution in [0.4, 0.5) is 0 Å². The van der Waals surface area contributed by atoms with E-state index in [0.29, 0.717) is 6.42 Å². The molecule has 0 radical (unpaired) electrons. The first-order valence-electron chi connectivity index (χ1n) is 6.91. The molecule has 5 nitrogen and oxygen atoms in total. The van der Waals surface area contributed by atoms with E-state index in [-0.39, 0.29) is 6.42 Å². The second kappa shape index (κ2) is 6.73. The summed E-state index contributed by atoms with van der Waals surface area (Å²) in [6.07, 6.45) is -2.51. The molecule has 0 saturated carbocycles. The van der Waals surface area contributed by atoms with E-state index in [2.05, 4.69) is 15.9 Å². The first-order chi connectivity index (χ1) is 9.74. The van der Waals surface area contributed by atoms with Gasteiger partial charge >= 0.3 is 0 Å². The van der Waals surface area contributed by atoms with Gasteiger partial charge in [0.15, 0.2) is 12.1 Å². The van der Waals surface area contributed by atoms with E-state index in [0.717, 1.165) is 10.0 Å². The predicted octanol–water partition coefficient (Wildman–Crippen LogP) is 1.57. The van der Waals surface area contributed by atoms with Gasteiger partial charge in [0.25, 0.3) is 0 Å². The Hall–Kier alpha value is -0.500. The molecule has 6 heteroatoms. The van der Waals surface area contributed by atoms with Crippen LogP contribution in [0.5, 0.6) is 0 Å². The van der Waals surface area contributed by atoms with Gasteiger partial charge < -0.3 is 24.8 Å². The van der Waals surface area contributed by atoms with Crippen molar-refractivity contribution in [2.75, 3.05) is 0 Å². The molecule has 0 aliphatic carbocycles. The van der Waals surface area contributed by atoms with E-state index in [4.69, 9.17) is 9.47 Å². The Morgan fingerprint density at radius 1 is 1.48 bits per heavy atom. The normalized spacial score (nSPS) is 27.8. The molecular weight excluding hydrogens is 340 g/mol. The van der Waals surface area contributed by atoms with Crippen LogP contribution in [0.3, 0.4) is 0 Å². The highest BCUT2D eigenvalue weighted by molar-refractivity contribution is 9.10. The average Bonchev–Trinajstić information content (AvgIpc) is 2.67. The molecule has 21 heavy (non-hydrogen) atoms. The number of benzene rings is 1. The Bertz CT molecular complexity index is 473. The highest BCUT2D eigenvalue weighted by Gasteiger charge is 2.40. The Morgan fingerprint density at radius 3 is 2.81 bits per heavy atom. The van der Waals surface area contributed by atoms with Crippen molar-refractivity contribution < 1.29 is 24.8 Å². The third kappa shape index (κ3) is 5.02. The van der Waals surface area contributed by atoms with Gasteiger partial charge in [-0.25, -0.2) is 0 Å². The van der Waals surface area contributed by atoms with Crippen molar-refractivity contribution in [3.8, 4) is 0 Å². The van der Waals surface area contributed by atoms with Gasteiger partial charge in [-0.15, -0.1) is 0 Å². The molecule has 1 aromatic carbocycles. The zero-order chi connectivity index (χ0) is 15.6. The SMILES string of the molecule is CC(C)(O)O[C@@H]1CC(O)C(C(O)Cc2cccc(Br)c2)O1. The first kappa shape index (κ1) is 16.9. The number of hydrogen-bond donors (Lipinski definition) is 3. The lowest BCUT2D eigenvalue weighted by atomic mass is 10.0. The van der Waals surface area contributed by atoms with Crippen molar-refractivity contribution in [3.63, 3.8) is 0 Å². The fourth-order valence-electron chi connectivity index (χ4n) is 2.42. The summed E-state index contributed by atoms with van der Waals surface area (Å²) in [4.78, 5) is 0. The maximum Gasteiger partial charge on any atom is 0.164 e. The van der Waals surface area contributed by atoms with E-state index in [9.17, 15) is 15.3 Å². The van der Waals surface area contributed by atoms with Gasteiger partial charge in [0.1, 0.15) is 6.10 Å². The van der Waals surface area contributed by atoms with Crippen molar-refractivity contribution >= 4 is 15.9 Å². The molecule has 0 spiro atoms. The van der Waals surface area contributed by atoms with Crippen LogP contribution in [0, 0.1) is 0 Å². The van der Waals surface area contributed by atoms with Gasteiger partial charge in [0, 0.05) is 17.3 Å². The van der Waals surface area contributed by atoms with Gasteiger partial charge in [-0.05, 0) is 31.5 Å². The third-order valence-electron chi connectivity index (χ3n) is 3.26. The molecule has 3 N–H and O–H groups in total. The van der Waals surface area contributed by atoms with Crippen LogP contribution in [0.15, 0.2) is 28.7 Å². The smallest absolute Gasteiger partial charge is 0.164 e. The van der Waals surface area contributed by atoms with Crippen LogP contribution in [-0.2, 0) is 15.9 Å². The molecule has 1 fully saturated rings. The van der Waals surface area contributed by atoms with Crippen LogP contribution in [-0.4, -0.2) is 45.7 Å². The van der Waals surface area contributed by atoms with Crippen LogP contribution in [0.1, 0.15) is 25.8 Å². The molecule has 0 bridgehead atoms. The predicted molar refractivity (Wildman–Crippen MR) is 80.5 cm³/mol. The van der Waals surface area contributed by atoms with Gasteiger partial charge in [0.2, 0.25) is 0 Å². The van der Waals surface area contributed by atoms with Crippen LogP contribution in [0.2, 0.25) is 0 Å². The van der Waals surface area contributed by atoms with Gasteiger partial charge in [0.05, 0.1) is 12.2 Å². The summed E-state index contributed by atoms with van der Waals surface area (Å²) in [6.45, 7) is 2.99. The number of halogens is 1. The van der Waals surface area contributed by atoms with Crippen molar-refractivity contribution in [3.05, 3.63) is 34.3 Å². The summed E-state index contributed by atoms with van der Waals surface area (Å²) in [5.74, 6) is -1.34. The Labute approximate surface area is 132 Å². The summed E-state index contributed by atoms with van der Waals surface area (Å²) >= 11 is 3.38. The topological polar surface area (TPSA) is 79.2 Å². The number of hydrogen-bond acceptors (Lipinski definition) is 5. The van der Waals surface area contributed by atoms with Gasteiger partial charge in [-0.1, -0.05) is 28.1 Å². The molecule has 1 aromatic rings. The van der Waals surface area contributed by atoms with E-state index in [1.165, 1.54) is 13.8 Å². The third-order valence-corrected chi connectivity index (χ3v) is 3.75. The molecule has 1 saturated heterocycles. The minimum absolute atomic E-state index is 0.226. The molecule has 1 heterocycles. The largest absolute Gasteiger partial charge is 0.390 e. The molecule has 118 valence electrons. The van der Waals surface area contributed by atoms with Crippen LogP contribution < -0.4 is 0 Å². The first-order valence-corrected chi connectivity index (χ1v) is 7.70. The van der Waals surface area contributed by atoms with Gasteiger partial charge in [-0.2, -0.15) is 0 Å². The van der Waals surface area contributed by atoms with Crippen molar-refractivity contribution in [2.45, 2.75) is 57.1 Å². The zero-order valence-electron chi connectivity index (χ0n) is 12.1. The number of rotatable bonds is 5. The molecular formula is C15H21BrO5. The Morgan fingerprint density at radius 2 is 2.19 bits per heavy atom. The van der Waals surface area contributed by atoms with E-state index < -0.39 is 30.4 Å². The standard InChI is InChI=1S/C15H21BrO5/c1-15(2,19)21-13-8-12(18)14(20-13)11(17)7-9-4-3-5-10(16)6-9/h3-6,11-14,17-19H,7-8H2,1-2H3/t11?,12?,13-,14?/m1/s1.